The van der Waals surface area contributed by atoms with E-state index < -0.39 is 0 Å². The Bertz CT molecular complexity index is 960. The lowest BCUT2D eigenvalue weighted by molar-refractivity contribution is 0.0624. The fourth-order valence-electron chi connectivity index (χ4n) is 3.43. The van der Waals surface area contributed by atoms with E-state index in [2.05, 4.69) is 29.3 Å². The lowest BCUT2D eigenvalue weighted by atomic mass is 10.1. The number of benzene rings is 1. The number of carbonyl (C=O) groups is 1. The minimum Gasteiger partial charge on any atom is -0.325 e. The summed E-state index contributed by atoms with van der Waals surface area (Å²) in [7, 11) is 0. The molecule has 1 aromatic carbocycles. The van der Waals surface area contributed by atoms with Crippen LogP contribution in [0.15, 0.2) is 36.5 Å². The van der Waals surface area contributed by atoms with Crippen molar-refractivity contribution in [2.75, 3.05) is 6.54 Å². The topological polar surface area (TPSA) is 81.7 Å². The van der Waals surface area contributed by atoms with Gasteiger partial charge in [0.15, 0.2) is 11.5 Å². The van der Waals surface area contributed by atoms with Gasteiger partial charge in [-0.2, -0.15) is 5.10 Å². The zero-order chi connectivity index (χ0) is 19.7. The Labute approximate surface area is 164 Å². The first-order chi connectivity index (χ1) is 13.5. The summed E-state index contributed by atoms with van der Waals surface area (Å²) in [6.07, 6.45) is 3.60. The second kappa shape index (κ2) is 7.53. The molecule has 0 bridgehead atoms. The molecule has 3 heterocycles. The molecule has 0 fully saturated rings. The molecule has 1 aliphatic heterocycles. The van der Waals surface area contributed by atoms with Crippen molar-refractivity contribution in [2.45, 2.75) is 46.2 Å². The number of hydrogen-bond acceptors (Lipinski definition) is 5. The van der Waals surface area contributed by atoms with Gasteiger partial charge in [0.25, 0.3) is 5.91 Å². The first-order valence-electron chi connectivity index (χ1n) is 9.75. The SMILES string of the molecule is CC(C)CCc1nc2n(n1)CCN(C(=O)c1cn(-c3ccccc3)nn1)[C@@H]2C. The van der Waals surface area contributed by atoms with Crippen LogP contribution in [0.4, 0.5) is 0 Å². The molecule has 0 aliphatic carbocycles. The average molecular weight is 379 g/mol. The Morgan fingerprint density at radius 1 is 1.21 bits per heavy atom. The van der Waals surface area contributed by atoms with E-state index in [4.69, 9.17) is 4.98 Å². The summed E-state index contributed by atoms with van der Waals surface area (Å²) in [4.78, 5) is 19.5. The maximum Gasteiger partial charge on any atom is 0.276 e. The molecule has 0 saturated heterocycles. The van der Waals surface area contributed by atoms with Crippen molar-refractivity contribution in [3.63, 3.8) is 0 Å². The quantitative estimate of drug-likeness (QED) is 0.681. The number of para-hydroxylation sites is 1. The molecule has 8 nitrogen and oxygen atoms in total. The summed E-state index contributed by atoms with van der Waals surface area (Å²) in [6, 6.07) is 9.49. The maximum absolute atomic E-state index is 13.0. The van der Waals surface area contributed by atoms with E-state index in [1.165, 1.54) is 0 Å². The number of aromatic nitrogens is 6. The fraction of sp³-hybridized carbons (Fsp3) is 0.450. The van der Waals surface area contributed by atoms with Gasteiger partial charge in [-0.1, -0.05) is 37.3 Å². The van der Waals surface area contributed by atoms with Crippen molar-refractivity contribution in [3.8, 4) is 5.69 Å². The first kappa shape index (κ1) is 18.3. The van der Waals surface area contributed by atoms with Crippen LogP contribution in [0.1, 0.15) is 55.4 Å². The monoisotopic (exact) mass is 379 g/mol. The van der Waals surface area contributed by atoms with Crippen LogP contribution >= 0.6 is 0 Å². The summed E-state index contributed by atoms with van der Waals surface area (Å²) < 4.78 is 3.55. The number of amides is 1. The van der Waals surface area contributed by atoms with Gasteiger partial charge < -0.3 is 4.90 Å². The van der Waals surface area contributed by atoms with Crippen molar-refractivity contribution < 1.29 is 4.79 Å². The lowest BCUT2D eigenvalue weighted by Gasteiger charge is -2.32. The predicted molar refractivity (Wildman–Crippen MR) is 104 cm³/mol. The summed E-state index contributed by atoms with van der Waals surface area (Å²) in [5.41, 5.74) is 1.21. The third-order valence-corrected chi connectivity index (χ3v) is 5.08. The van der Waals surface area contributed by atoms with E-state index in [9.17, 15) is 4.79 Å². The molecule has 28 heavy (non-hydrogen) atoms. The summed E-state index contributed by atoms with van der Waals surface area (Å²) in [6.45, 7) is 7.61. The van der Waals surface area contributed by atoms with Crippen molar-refractivity contribution >= 4 is 5.91 Å². The number of rotatable bonds is 5. The van der Waals surface area contributed by atoms with Gasteiger partial charge in [-0.3, -0.25) is 4.79 Å². The van der Waals surface area contributed by atoms with E-state index in [0.717, 1.165) is 30.2 Å². The minimum absolute atomic E-state index is 0.132. The van der Waals surface area contributed by atoms with Crippen LogP contribution in [0, 0.1) is 5.92 Å². The molecular formula is C20H25N7O. The molecule has 3 aromatic rings. The molecular weight excluding hydrogens is 354 g/mol. The van der Waals surface area contributed by atoms with Crippen LogP contribution in [0.3, 0.4) is 0 Å². The van der Waals surface area contributed by atoms with Crippen molar-refractivity contribution in [1.82, 2.24) is 34.7 Å². The Balaban J connectivity index is 1.51. The second-order valence-electron chi connectivity index (χ2n) is 7.60. The summed E-state index contributed by atoms with van der Waals surface area (Å²) >= 11 is 0. The number of hydrogen-bond donors (Lipinski definition) is 0. The van der Waals surface area contributed by atoms with Crippen LogP contribution in [-0.4, -0.2) is 47.1 Å². The van der Waals surface area contributed by atoms with Gasteiger partial charge >= 0.3 is 0 Å². The fourth-order valence-corrected chi connectivity index (χ4v) is 3.43. The molecule has 146 valence electrons. The van der Waals surface area contributed by atoms with Crippen LogP contribution < -0.4 is 0 Å². The Kier molecular flexibility index (Phi) is 4.93. The number of carbonyl (C=O) groups excluding carboxylic acids is 1. The van der Waals surface area contributed by atoms with E-state index in [-0.39, 0.29) is 11.9 Å². The maximum atomic E-state index is 13.0. The Morgan fingerprint density at radius 2 is 2.00 bits per heavy atom. The highest BCUT2D eigenvalue weighted by Gasteiger charge is 2.32. The second-order valence-corrected chi connectivity index (χ2v) is 7.60. The lowest BCUT2D eigenvalue weighted by Crippen LogP contribution is -2.41. The van der Waals surface area contributed by atoms with Crippen molar-refractivity contribution in [2.24, 2.45) is 5.92 Å². The van der Waals surface area contributed by atoms with Gasteiger partial charge in [0, 0.05) is 13.0 Å². The first-order valence-corrected chi connectivity index (χ1v) is 9.75. The largest absolute Gasteiger partial charge is 0.325 e. The molecule has 0 radical (unpaired) electrons. The molecule has 4 rings (SSSR count). The van der Waals surface area contributed by atoms with Gasteiger partial charge in [0.05, 0.1) is 24.5 Å². The van der Waals surface area contributed by atoms with Gasteiger partial charge in [-0.25, -0.2) is 14.3 Å². The zero-order valence-corrected chi connectivity index (χ0v) is 16.5. The normalized spacial score (nSPS) is 16.4. The van der Waals surface area contributed by atoms with Gasteiger partial charge in [-0.15, -0.1) is 5.10 Å². The predicted octanol–water partition coefficient (Wildman–Crippen LogP) is 2.66. The van der Waals surface area contributed by atoms with Gasteiger partial charge in [0.2, 0.25) is 0 Å². The van der Waals surface area contributed by atoms with E-state index in [1.54, 1.807) is 15.8 Å². The molecule has 1 atom stereocenters. The van der Waals surface area contributed by atoms with Crippen LogP contribution in [0.2, 0.25) is 0 Å². The van der Waals surface area contributed by atoms with Gasteiger partial charge in [0.1, 0.15) is 5.82 Å². The van der Waals surface area contributed by atoms with Crippen LogP contribution in [0.25, 0.3) is 5.69 Å². The molecule has 1 aliphatic rings. The smallest absolute Gasteiger partial charge is 0.276 e. The van der Waals surface area contributed by atoms with E-state index >= 15 is 0 Å². The Morgan fingerprint density at radius 3 is 2.75 bits per heavy atom. The zero-order valence-electron chi connectivity index (χ0n) is 16.5. The minimum atomic E-state index is -0.150. The molecule has 1 amide bonds. The molecule has 8 heteroatoms. The number of aryl methyl sites for hydroxylation is 1. The molecule has 0 unspecified atom stereocenters. The van der Waals surface area contributed by atoms with E-state index in [1.807, 2.05) is 41.9 Å². The van der Waals surface area contributed by atoms with Crippen LogP contribution in [-0.2, 0) is 13.0 Å². The summed E-state index contributed by atoms with van der Waals surface area (Å²) in [5.74, 6) is 2.18. The number of fused-ring (bicyclic) bond motifs is 1. The highest BCUT2D eigenvalue weighted by molar-refractivity contribution is 5.92. The van der Waals surface area contributed by atoms with Gasteiger partial charge in [-0.05, 0) is 31.4 Å². The Hall–Kier alpha value is -3.03. The van der Waals surface area contributed by atoms with E-state index in [0.29, 0.717) is 24.7 Å². The average Bonchev–Trinajstić information content (AvgIpc) is 3.34. The van der Waals surface area contributed by atoms with Crippen molar-refractivity contribution in [3.05, 3.63) is 53.9 Å². The van der Waals surface area contributed by atoms with Crippen molar-refractivity contribution in [1.29, 1.82) is 0 Å². The third kappa shape index (κ3) is 3.54. The van der Waals surface area contributed by atoms with Crippen LogP contribution in [0.5, 0.6) is 0 Å². The summed E-state index contributed by atoms with van der Waals surface area (Å²) in [5, 5.41) is 12.8. The number of nitrogens with zero attached hydrogens (tertiary/aromatic N) is 7. The molecule has 0 spiro atoms. The third-order valence-electron chi connectivity index (χ3n) is 5.08. The highest BCUT2D eigenvalue weighted by Crippen LogP contribution is 2.25. The molecule has 0 N–H and O–H groups in total. The highest BCUT2D eigenvalue weighted by atomic mass is 16.2. The standard InChI is InChI=1S/C20H25N7O/c1-14(2)9-10-18-21-19-15(3)25(11-12-26(19)23-18)20(28)17-13-27(24-22-17)16-7-5-4-6-8-16/h4-8,13-15H,9-12H2,1-3H3/t15-/m1/s1. The molecule has 0 saturated carbocycles. The molecule has 2 aromatic heterocycles.